The van der Waals surface area contributed by atoms with Crippen LogP contribution in [0.25, 0.3) is 0 Å². The third-order valence-corrected chi connectivity index (χ3v) is 3.18. The lowest BCUT2D eigenvalue weighted by molar-refractivity contribution is -0.146. The number of ether oxygens (including phenoxy) is 2. The van der Waals surface area contributed by atoms with Crippen molar-refractivity contribution in [2.24, 2.45) is 5.41 Å². The first-order valence-electron chi connectivity index (χ1n) is 5.07. The number of carbonyl (C=O) groups excluding carboxylic acids is 1. The van der Waals surface area contributed by atoms with E-state index in [2.05, 4.69) is 12.6 Å². The van der Waals surface area contributed by atoms with Crippen molar-refractivity contribution in [2.45, 2.75) is 26.2 Å². The van der Waals surface area contributed by atoms with Crippen LogP contribution in [0.15, 0.2) is 0 Å². The summed E-state index contributed by atoms with van der Waals surface area (Å²) in [6, 6.07) is 0. The maximum Gasteiger partial charge on any atom is 0.306 e. The molecule has 0 N–H and O–H groups in total. The highest BCUT2D eigenvalue weighted by atomic mass is 32.1. The Morgan fingerprint density at radius 2 is 2.14 bits per heavy atom. The van der Waals surface area contributed by atoms with Crippen molar-refractivity contribution in [1.29, 1.82) is 0 Å². The first kappa shape index (κ1) is 11.9. The monoisotopic (exact) mass is 218 g/mol. The van der Waals surface area contributed by atoms with Crippen molar-refractivity contribution in [3.8, 4) is 0 Å². The minimum absolute atomic E-state index is 0.115. The molecule has 1 saturated carbocycles. The molecular weight excluding hydrogens is 200 g/mol. The van der Waals surface area contributed by atoms with Crippen LogP contribution in [0.1, 0.15) is 26.2 Å². The largest absolute Gasteiger partial charge is 0.463 e. The zero-order chi connectivity index (χ0) is 10.4. The average Bonchev–Trinajstić information content (AvgIpc) is 2.93. The molecule has 0 aromatic carbocycles. The van der Waals surface area contributed by atoms with E-state index < -0.39 is 0 Å². The van der Waals surface area contributed by atoms with Gasteiger partial charge in [0.15, 0.2) is 0 Å². The van der Waals surface area contributed by atoms with E-state index in [0.29, 0.717) is 26.2 Å². The van der Waals surface area contributed by atoms with Crippen LogP contribution in [0, 0.1) is 5.41 Å². The Hall–Kier alpha value is -0.220. The molecule has 0 radical (unpaired) electrons. The summed E-state index contributed by atoms with van der Waals surface area (Å²) in [5.74, 6) is 0.671. The van der Waals surface area contributed by atoms with Crippen molar-refractivity contribution in [2.75, 3.05) is 25.6 Å². The molecule has 0 aromatic rings. The van der Waals surface area contributed by atoms with Crippen LogP contribution in [0.4, 0.5) is 0 Å². The van der Waals surface area contributed by atoms with Crippen LogP contribution in [0.2, 0.25) is 0 Å². The third-order valence-electron chi connectivity index (χ3n) is 2.51. The van der Waals surface area contributed by atoms with Crippen molar-refractivity contribution in [3.05, 3.63) is 0 Å². The molecule has 1 rings (SSSR count). The molecule has 0 aliphatic heterocycles. The quantitative estimate of drug-likeness (QED) is 0.401. The van der Waals surface area contributed by atoms with Crippen molar-refractivity contribution in [3.63, 3.8) is 0 Å². The Bertz CT molecular complexity index is 190. The smallest absolute Gasteiger partial charge is 0.306 e. The van der Waals surface area contributed by atoms with E-state index in [0.717, 1.165) is 18.6 Å². The second-order valence-corrected chi connectivity index (χ2v) is 4.07. The summed E-state index contributed by atoms with van der Waals surface area (Å²) in [6.07, 6.45) is 2.73. The summed E-state index contributed by atoms with van der Waals surface area (Å²) in [4.78, 5) is 11.3. The zero-order valence-corrected chi connectivity index (χ0v) is 9.52. The molecule has 1 fully saturated rings. The van der Waals surface area contributed by atoms with Gasteiger partial charge in [0.2, 0.25) is 0 Å². The average molecular weight is 218 g/mol. The van der Waals surface area contributed by atoms with E-state index in [-0.39, 0.29) is 11.4 Å². The first-order valence-corrected chi connectivity index (χ1v) is 5.70. The molecule has 14 heavy (non-hydrogen) atoms. The maximum absolute atomic E-state index is 11.3. The Labute approximate surface area is 90.6 Å². The number of carbonyl (C=O) groups is 1. The molecule has 4 heteroatoms. The molecule has 0 spiro atoms. The molecular formula is C10H18O3S. The van der Waals surface area contributed by atoms with Crippen LogP contribution >= 0.6 is 12.6 Å². The Balaban J connectivity index is 2.04. The van der Waals surface area contributed by atoms with Crippen LogP contribution in [-0.4, -0.2) is 31.5 Å². The van der Waals surface area contributed by atoms with Gasteiger partial charge in [0, 0.05) is 6.61 Å². The minimum atomic E-state index is -0.115. The summed E-state index contributed by atoms with van der Waals surface area (Å²) < 4.78 is 10.1. The summed E-state index contributed by atoms with van der Waals surface area (Å²) in [5, 5.41) is 0. The summed E-state index contributed by atoms with van der Waals surface area (Å²) in [6.45, 7) is 3.45. The highest BCUT2D eigenvalue weighted by molar-refractivity contribution is 7.80. The Morgan fingerprint density at radius 1 is 1.43 bits per heavy atom. The topological polar surface area (TPSA) is 35.5 Å². The second kappa shape index (κ2) is 5.61. The lowest BCUT2D eigenvalue weighted by Crippen LogP contribution is -2.16. The molecule has 0 amide bonds. The van der Waals surface area contributed by atoms with Gasteiger partial charge in [-0.15, -0.1) is 0 Å². The Kier molecular flexibility index (Phi) is 4.75. The molecule has 1 aliphatic carbocycles. The van der Waals surface area contributed by atoms with Crippen LogP contribution in [0.3, 0.4) is 0 Å². The van der Waals surface area contributed by atoms with Crippen molar-refractivity contribution >= 4 is 18.6 Å². The number of hydrogen-bond acceptors (Lipinski definition) is 4. The SMILES string of the molecule is CCOCCOC(=O)CC1(CS)CC1. The molecule has 0 saturated heterocycles. The predicted octanol–water partition coefficient (Wildman–Crippen LogP) is 1.67. The molecule has 1 aliphatic rings. The third kappa shape index (κ3) is 3.88. The van der Waals surface area contributed by atoms with Crippen molar-refractivity contribution < 1.29 is 14.3 Å². The minimum Gasteiger partial charge on any atom is -0.463 e. The molecule has 0 bridgehead atoms. The highest BCUT2D eigenvalue weighted by Crippen LogP contribution is 2.49. The maximum atomic E-state index is 11.3. The summed E-state index contributed by atoms with van der Waals surface area (Å²) in [5.41, 5.74) is 0.159. The molecule has 82 valence electrons. The van der Waals surface area contributed by atoms with Gasteiger partial charge in [-0.1, -0.05) is 0 Å². The fourth-order valence-electron chi connectivity index (χ4n) is 1.28. The van der Waals surface area contributed by atoms with Gasteiger partial charge in [0.05, 0.1) is 13.0 Å². The van der Waals surface area contributed by atoms with Crippen molar-refractivity contribution in [1.82, 2.24) is 0 Å². The van der Waals surface area contributed by atoms with Gasteiger partial charge in [0.1, 0.15) is 6.61 Å². The van der Waals surface area contributed by atoms with E-state index in [9.17, 15) is 4.79 Å². The van der Waals surface area contributed by atoms with Gasteiger partial charge in [-0.2, -0.15) is 12.6 Å². The van der Waals surface area contributed by atoms with Gasteiger partial charge < -0.3 is 9.47 Å². The molecule has 0 atom stereocenters. The van der Waals surface area contributed by atoms with E-state index in [1.165, 1.54) is 0 Å². The standard InChI is InChI=1S/C10H18O3S/c1-2-12-5-6-13-9(11)7-10(8-14)3-4-10/h14H,2-8H2,1H3. The number of esters is 1. The Morgan fingerprint density at radius 3 is 2.64 bits per heavy atom. The first-order chi connectivity index (χ1) is 6.72. The molecule has 0 unspecified atom stereocenters. The second-order valence-electron chi connectivity index (χ2n) is 3.75. The number of hydrogen-bond donors (Lipinski definition) is 1. The van der Waals surface area contributed by atoms with Gasteiger partial charge in [-0.25, -0.2) is 0 Å². The fraction of sp³-hybridized carbons (Fsp3) is 0.900. The fourth-order valence-corrected chi connectivity index (χ4v) is 1.71. The van der Waals surface area contributed by atoms with E-state index in [1.54, 1.807) is 0 Å². The van der Waals surface area contributed by atoms with Gasteiger partial charge in [0.25, 0.3) is 0 Å². The summed E-state index contributed by atoms with van der Waals surface area (Å²) in [7, 11) is 0. The van der Waals surface area contributed by atoms with Crippen LogP contribution in [0.5, 0.6) is 0 Å². The number of rotatable bonds is 7. The molecule has 3 nitrogen and oxygen atoms in total. The summed E-state index contributed by atoms with van der Waals surface area (Å²) >= 11 is 4.23. The number of thiol groups is 1. The van der Waals surface area contributed by atoms with Gasteiger partial charge in [-0.3, -0.25) is 4.79 Å². The van der Waals surface area contributed by atoms with E-state index >= 15 is 0 Å². The predicted molar refractivity (Wildman–Crippen MR) is 57.6 cm³/mol. The lowest BCUT2D eigenvalue weighted by Gasteiger charge is -2.10. The molecule has 0 heterocycles. The van der Waals surface area contributed by atoms with Gasteiger partial charge >= 0.3 is 5.97 Å². The van der Waals surface area contributed by atoms with E-state index in [4.69, 9.17) is 9.47 Å². The van der Waals surface area contributed by atoms with Crippen LogP contribution in [-0.2, 0) is 14.3 Å². The lowest BCUT2D eigenvalue weighted by atomic mass is 10.1. The van der Waals surface area contributed by atoms with Gasteiger partial charge in [-0.05, 0) is 30.9 Å². The highest BCUT2D eigenvalue weighted by Gasteiger charge is 2.43. The zero-order valence-electron chi connectivity index (χ0n) is 8.62. The van der Waals surface area contributed by atoms with E-state index in [1.807, 2.05) is 6.92 Å². The molecule has 0 aromatic heterocycles. The normalized spacial score (nSPS) is 17.9. The van der Waals surface area contributed by atoms with Crippen LogP contribution < -0.4 is 0 Å².